The van der Waals surface area contributed by atoms with Crippen molar-refractivity contribution in [2.75, 3.05) is 6.61 Å². The van der Waals surface area contributed by atoms with E-state index in [9.17, 15) is 19.7 Å². The third kappa shape index (κ3) is 6.22. The number of carbonyl (C=O) groups is 2. The maximum atomic E-state index is 12.1. The van der Waals surface area contributed by atoms with E-state index in [0.717, 1.165) is 25.7 Å². The zero-order valence-electron chi connectivity index (χ0n) is 15.1. The molecule has 0 spiro atoms. The molecule has 0 aromatic heterocycles. The topological polar surface area (TPSA) is 95.7 Å². The van der Waals surface area contributed by atoms with E-state index in [2.05, 4.69) is 6.92 Å². The number of hydrogen-bond donors (Lipinski definition) is 0. The molecular weight excluding hydrogens is 350 g/mol. The summed E-state index contributed by atoms with van der Waals surface area (Å²) >= 11 is 0. The van der Waals surface area contributed by atoms with Crippen molar-refractivity contribution in [1.29, 1.82) is 0 Å². The lowest BCUT2D eigenvalue weighted by Gasteiger charge is -2.06. The average Bonchev–Trinajstić information content (AvgIpc) is 2.68. The van der Waals surface area contributed by atoms with Crippen LogP contribution in [0.15, 0.2) is 48.5 Å². The van der Waals surface area contributed by atoms with Crippen molar-refractivity contribution in [3.8, 4) is 5.75 Å². The first-order chi connectivity index (χ1) is 13.0. The first kappa shape index (κ1) is 20.1. The molecule has 0 aliphatic heterocycles. The number of unbranched alkanes of at least 4 members (excludes halogenated alkanes) is 3. The highest BCUT2D eigenvalue weighted by Crippen LogP contribution is 2.18. The minimum absolute atomic E-state index is 0.0904. The zero-order chi connectivity index (χ0) is 19.6. The number of nitrogens with zero attached hydrogens (tertiary/aromatic N) is 1. The van der Waals surface area contributed by atoms with Crippen LogP contribution in [0.1, 0.15) is 53.3 Å². The fraction of sp³-hybridized carbons (Fsp3) is 0.300. The van der Waals surface area contributed by atoms with Crippen molar-refractivity contribution in [2.45, 2.75) is 32.6 Å². The van der Waals surface area contributed by atoms with Crippen LogP contribution in [0.3, 0.4) is 0 Å². The maximum absolute atomic E-state index is 12.1. The van der Waals surface area contributed by atoms with Crippen molar-refractivity contribution >= 4 is 17.6 Å². The minimum atomic E-state index is -0.622. The minimum Gasteiger partial charge on any atom is -0.462 e. The van der Waals surface area contributed by atoms with Crippen molar-refractivity contribution in [1.82, 2.24) is 0 Å². The van der Waals surface area contributed by atoms with Crippen LogP contribution in [0.5, 0.6) is 5.75 Å². The van der Waals surface area contributed by atoms with Gasteiger partial charge in [-0.15, -0.1) is 0 Å². The zero-order valence-corrected chi connectivity index (χ0v) is 15.1. The number of esters is 2. The predicted molar refractivity (Wildman–Crippen MR) is 98.9 cm³/mol. The van der Waals surface area contributed by atoms with Crippen LogP contribution in [0.25, 0.3) is 0 Å². The third-order valence-electron chi connectivity index (χ3n) is 3.85. The summed E-state index contributed by atoms with van der Waals surface area (Å²) in [6.07, 6.45) is 4.09. The van der Waals surface area contributed by atoms with Gasteiger partial charge in [-0.1, -0.05) is 26.2 Å². The van der Waals surface area contributed by atoms with Crippen LogP contribution in [0.2, 0.25) is 0 Å². The highest BCUT2D eigenvalue weighted by atomic mass is 16.6. The molecule has 142 valence electrons. The van der Waals surface area contributed by atoms with Gasteiger partial charge in [0.15, 0.2) is 0 Å². The van der Waals surface area contributed by atoms with E-state index in [4.69, 9.17) is 9.47 Å². The molecule has 0 atom stereocenters. The Hall–Kier alpha value is -3.22. The van der Waals surface area contributed by atoms with Crippen LogP contribution in [0, 0.1) is 10.1 Å². The Balaban J connectivity index is 1.89. The van der Waals surface area contributed by atoms with Crippen molar-refractivity contribution in [2.24, 2.45) is 0 Å². The first-order valence-electron chi connectivity index (χ1n) is 8.75. The Bertz CT molecular complexity index is 783. The van der Waals surface area contributed by atoms with Gasteiger partial charge in [0.05, 0.1) is 22.7 Å². The second kappa shape index (κ2) is 10.1. The third-order valence-corrected chi connectivity index (χ3v) is 3.85. The molecule has 0 unspecified atom stereocenters. The van der Waals surface area contributed by atoms with Gasteiger partial charge in [0.25, 0.3) is 5.69 Å². The van der Waals surface area contributed by atoms with E-state index in [1.165, 1.54) is 48.5 Å². The van der Waals surface area contributed by atoms with E-state index in [0.29, 0.717) is 12.2 Å². The molecule has 0 bridgehead atoms. The number of nitro groups is 1. The summed E-state index contributed by atoms with van der Waals surface area (Å²) in [5.74, 6) is -0.855. The molecule has 2 aromatic rings. The second-order valence-electron chi connectivity index (χ2n) is 5.91. The largest absolute Gasteiger partial charge is 0.462 e. The summed E-state index contributed by atoms with van der Waals surface area (Å²) < 4.78 is 10.4. The van der Waals surface area contributed by atoms with Crippen LogP contribution >= 0.6 is 0 Å². The SMILES string of the molecule is CCCCCCOC(=O)c1ccc(C(=O)Oc2ccc([N+](=O)[O-])cc2)cc1. The lowest BCUT2D eigenvalue weighted by atomic mass is 10.1. The molecular formula is C20H21NO6. The molecule has 0 heterocycles. The van der Waals surface area contributed by atoms with Crippen LogP contribution in [0.4, 0.5) is 5.69 Å². The summed E-state index contributed by atoms with van der Waals surface area (Å²) in [5.41, 5.74) is 0.526. The normalized spacial score (nSPS) is 10.3. The van der Waals surface area contributed by atoms with Gasteiger partial charge in [-0.2, -0.15) is 0 Å². The summed E-state index contributed by atoms with van der Waals surface area (Å²) in [4.78, 5) is 34.1. The highest BCUT2D eigenvalue weighted by Gasteiger charge is 2.12. The summed E-state index contributed by atoms with van der Waals surface area (Å²) in [7, 11) is 0. The summed E-state index contributed by atoms with van der Waals surface area (Å²) in [6, 6.07) is 11.1. The molecule has 0 fully saturated rings. The van der Waals surface area contributed by atoms with E-state index in [-0.39, 0.29) is 17.0 Å². The smallest absolute Gasteiger partial charge is 0.343 e. The molecule has 0 radical (unpaired) electrons. The van der Waals surface area contributed by atoms with E-state index >= 15 is 0 Å². The molecule has 0 N–H and O–H groups in total. The Labute approximate surface area is 157 Å². The molecule has 27 heavy (non-hydrogen) atoms. The molecule has 0 aliphatic carbocycles. The van der Waals surface area contributed by atoms with Crippen molar-refractivity contribution in [3.63, 3.8) is 0 Å². The Morgan fingerprint density at radius 3 is 2.04 bits per heavy atom. The van der Waals surface area contributed by atoms with Crippen molar-refractivity contribution in [3.05, 3.63) is 69.8 Å². The lowest BCUT2D eigenvalue weighted by Crippen LogP contribution is -2.10. The Morgan fingerprint density at radius 2 is 1.48 bits per heavy atom. The summed E-state index contributed by atoms with van der Waals surface area (Å²) in [6.45, 7) is 2.49. The average molecular weight is 371 g/mol. The molecule has 0 saturated carbocycles. The quantitative estimate of drug-likeness (QED) is 0.211. The number of nitro benzene ring substituents is 1. The molecule has 0 saturated heterocycles. The van der Waals surface area contributed by atoms with E-state index in [1.807, 2.05) is 0 Å². The van der Waals surface area contributed by atoms with Gasteiger partial charge in [0.2, 0.25) is 0 Å². The van der Waals surface area contributed by atoms with Gasteiger partial charge in [0, 0.05) is 12.1 Å². The number of rotatable bonds is 9. The van der Waals surface area contributed by atoms with Gasteiger partial charge < -0.3 is 9.47 Å². The number of hydrogen-bond acceptors (Lipinski definition) is 6. The molecule has 0 amide bonds. The Kier molecular flexibility index (Phi) is 7.49. The second-order valence-corrected chi connectivity index (χ2v) is 5.91. The fourth-order valence-electron chi connectivity index (χ4n) is 2.32. The monoisotopic (exact) mass is 371 g/mol. The number of ether oxygens (including phenoxy) is 2. The van der Waals surface area contributed by atoms with E-state index < -0.39 is 16.9 Å². The maximum Gasteiger partial charge on any atom is 0.343 e. The standard InChI is InChI=1S/C20H21NO6/c1-2-3-4-5-14-26-19(22)15-6-8-16(9-7-15)20(23)27-18-12-10-17(11-13-18)21(24)25/h6-13H,2-5,14H2,1H3. The number of non-ortho nitro benzene ring substituents is 1. The summed E-state index contributed by atoms with van der Waals surface area (Å²) in [5, 5.41) is 10.6. The van der Waals surface area contributed by atoms with Crippen LogP contribution < -0.4 is 4.74 Å². The highest BCUT2D eigenvalue weighted by molar-refractivity contribution is 5.94. The van der Waals surface area contributed by atoms with Gasteiger partial charge in [0.1, 0.15) is 5.75 Å². The lowest BCUT2D eigenvalue weighted by molar-refractivity contribution is -0.384. The van der Waals surface area contributed by atoms with Gasteiger partial charge >= 0.3 is 11.9 Å². The van der Waals surface area contributed by atoms with Crippen LogP contribution in [-0.2, 0) is 4.74 Å². The van der Waals surface area contributed by atoms with Crippen molar-refractivity contribution < 1.29 is 24.0 Å². The molecule has 2 aromatic carbocycles. The Morgan fingerprint density at radius 1 is 0.889 bits per heavy atom. The van der Waals surface area contributed by atoms with Gasteiger partial charge in [-0.25, -0.2) is 9.59 Å². The fourth-order valence-corrected chi connectivity index (χ4v) is 2.32. The predicted octanol–water partition coefficient (Wildman–Crippen LogP) is 4.55. The molecule has 7 heteroatoms. The van der Waals surface area contributed by atoms with Gasteiger partial charge in [-0.3, -0.25) is 10.1 Å². The molecule has 2 rings (SSSR count). The first-order valence-corrected chi connectivity index (χ1v) is 8.75. The van der Waals surface area contributed by atoms with Gasteiger partial charge in [-0.05, 0) is 42.8 Å². The van der Waals surface area contributed by atoms with Crippen LogP contribution in [-0.4, -0.2) is 23.5 Å². The van der Waals surface area contributed by atoms with E-state index in [1.54, 1.807) is 0 Å². The number of benzene rings is 2. The number of carbonyl (C=O) groups excluding carboxylic acids is 2. The molecule has 0 aliphatic rings. The molecule has 7 nitrogen and oxygen atoms in total.